The van der Waals surface area contributed by atoms with Crippen LogP contribution in [0.15, 0.2) is 107 Å². The largest absolute Gasteiger partial charge is 0.497 e. The number of halogens is 1. The molecule has 3 N–H and O–H groups in total. The number of nitro groups is 1. The summed E-state index contributed by atoms with van der Waals surface area (Å²) in [6.45, 7) is 10.4. The zero-order chi connectivity index (χ0) is 52.7. The molecule has 3 aliphatic heterocycles. The number of amides is 1. The van der Waals surface area contributed by atoms with Crippen LogP contribution < -0.4 is 24.4 Å². The normalized spacial score (nSPS) is 19.5. The first-order valence-corrected chi connectivity index (χ1v) is 27.2. The highest BCUT2D eigenvalue weighted by Crippen LogP contribution is 2.54. The van der Waals surface area contributed by atoms with Crippen molar-refractivity contribution in [2.24, 2.45) is 5.41 Å². The van der Waals surface area contributed by atoms with Gasteiger partial charge in [-0.3, -0.25) is 24.7 Å². The van der Waals surface area contributed by atoms with Crippen molar-refractivity contribution in [1.82, 2.24) is 29.5 Å². The predicted molar refractivity (Wildman–Crippen MR) is 282 cm³/mol. The standard InChI is InChI=1S/C55H60FN9O10S/c1-34(2)41-6-4-5-7-42(41)47-31-62(30-35-8-10-38(71-3)11-9-35)18-19-64(47)37-26-55(27-37)13-16-63(17-14-55)45-24-48(75-39-22-36-12-15-57-53(36)59-28-39)43(23-44(45)56)54(66)61-76(69,70)49-25-46(65(67)68)50(52-51(49)60-33-74-52)58-29-40-32-72-20-21-73-40/h4-12,15,22-25,28,33-34,37,40,47,58H,13-14,16-21,26-27,29-32H2,1-3H3,(H,57,59)(H,61,66). The lowest BCUT2D eigenvalue weighted by atomic mass is 9.59. The maximum absolute atomic E-state index is 16.7. The molecule has 0 radical (unpaired) electrons. The highest BCUT2D eigenvalue weighted by molar-refractivity contribution is 7.90. The molecule has 1 aliphatic carbocycles. The molecule has 4 aromatic carbocycles. The highest BCUT2D eigenvalue weighted by Gasteiger charge is 2.50. The first-order chi connectivity index (χ1) is 36.7. The number of carbonyl (C=O) groups is 1. The van der Waals surface area contributed by atoms with Crippen molar-refractivity contribution in [3.05, 3.63) is 136 Å². The second-order valence-corrected chi connectivity index (χ2v) is 22.2. The molecule has 4 fully saturated rings. The molecular weight excluding hydrogens is 998 g/mol. The molecule has 6 heterocycles. The summed E-state index contributed by atoms with van der Waals surface area (Å²) in [6, 6.07) is 24.5. The third-order valence-electron chi connectivity index (χ3n) is 15.6. The van der Waals surface area contributed by atoms with E-state index in [1.807, 2.05) is 21.8 Å². The Hall–Kier alpha value is -7.17. The molecule has 4 aliphatic rings. The SMILES string of the molecule is COc1ccc(CN2CCN(C3CC4(CCN(c5cc(Oc6cnc7[nH]ccc7c6)c(C(=O)NS(=O)(=O)c6cc([N+](=O)[O-])c(NCC7COCCO7)c7ocnc67)cc5F)CC4)C3)C(c3ccccc3C(C)C)C2)cc1. The monoisotopic (exact) mass is 1060 g/mol. The number of H-pyrrole nitrogens is 1. The van der Waals surface area contributed by atoms with Crippen LogP contribution in [0.25, 0.3) is 22.1 Å². The number of aromatic nitrogens is 3. The van der Waals surface area contributed by atoms with Gasteiger partial charge < -0.3 is 38.6 Å². The molecule has 3 aromatic heterocycles. The number of piperidine rings is 1. The van der Waals surface area contributed by atoms with Gasteiger partial charge in [0.25, 0.3) is 21.6 Å². The third-order valence-corrected chi connectivity index (χ3v) is 16.9. The number of fused-ring (bicyclic) bond motifs is 2. The lowest BCUT2D eigenvalue weighted by Crippen LogP contribution is -2.60. The number of nitrogens with one attached hydrogen (secondary N) is 3. The number of piperazine rings is 1. The highest BCUT2D eigenvalue weighted by atomic mass is 32.2. The predicted octanol–water partition coefficient (Wildman–Crippen LogP) is 8.93. The summed E-state index contributed by atoms with van der Waals surface area (Å²) < 4.78 is 75.4. The second kappa shape index (κ2) is 21.1. The molecule has 21 heteroatoms. The molecule has 7 aromatic rings. The molecule has 1 spiro atoms. The smallest absolute Gasteiger partial charge is 0.297 e. The number of aromatic amines is 1. The molecule has 19 nitrogen and oxygen atoms in total. The topological polar surface area (TPSA) is 220 Å². The van der Waals surface area contributed by atoms with Crippen LogP contribution in [0.4, 0.5) is 21.5 Å². The average molecular weight is 1060 g/mol. The zero-order valence-corrected chi connectivity index (χ0v) is 43.3. The zero-order valence-electron chi connectivity index (χ0n) is 42.5. The fraction of sp³-hybridized carbons (Fsp3) is 0.400. The van der Waals surface area contributed by atoms with Crippen LogP contribution in [0, 0.1) is 21.3 Å². The van der Waals surface area contributed by atoms with Crippen molar-refractivity contribution < 1.29 is 45.9 Å². The molecular formula is C55H60FN9O10S. The summed E-state index contributed by atoms with van der Waals surface area (Å²) in [5, 5.41) is 16.1. The van der Waals surface area contributed by atoms with Crippen molar-refractivity contribution in [2.45, 2.75) is 75.1 Å². The molecule has 11 rings (SSSR count). The lowest BCUT2D eigenvalue weighted by molar-refractivity contribution is -0.384. The second-order valence-electron chi connectivity index (χ2n) is 20.6. The Morgan fingerprint density at radius 3 is 2.55 bits per heavy atom. The number of ether oxygens (including phenoxy) is 4. The Bertz CT molecular complexity index is 3380. The van der Waals surface area contributed by atoms with Gasteiger partial charge in [-0.25, -0.2) is 27.5 Å². The minimum Gasteiger partial charge on any atom is -0.497 e. The summed E-state index contributed by atoms with van der Waals surface area (Å²) >= 11 is 0. The molecule has 2 atom stereocenters. The number of nitrogens with zero attached hydrogens (tertiary/aromatic N) is 6. The van der Waals surface area contributed by atoms with Crippen LogP contribution in [0.3, 0.4) is 0 Å². The summed E-state index contributed by atoms with van der Waals surface area (Å²) in [7, 11) is -3.26. The Morgan fingerprint density at radius 1 is 1.00 bits per heavy atom. The van der Waals surface area contributed by atoms with Gasteiger partial charge in [-0.1, -0.05) is 50.2 Å². The number of sulfonamides is 1. The molecule has 2 unspecified atom stereocenters. The number of methoxy groups -OCH3 is 1. The van der Waals surface area contributed by atoms with E-state index >= 15 is 4.39 Å². The maximum Gasteiger partial charge on any atom is 0.297 e. The van der Waals surface area contributed by atoms with Gasteiger partial charge in [-0.2, -0.15) is 0 Å². The molecule has 76 heavy (non-hydrogen) atoms. The van der Waals surface area contributed by atoms with Crippen LogP contribution in [0.2, 0.25) is 0 Å². The van der Waals surface area contributed by atoms with Crippen molar-refractivity contribution in [3.63, 3.8) is 0 Å². The minimum atomic E-state index is -4.95. The van der Waals surface area contributed by atoms with E-state index in [1.165, 1.54) is 29.0 Å². The Balaban J connectivity index is 0.821. The Kier molecular flexibility index (Phi) is 14.1. The van der Waals surface area contributed by atoms with E-state index in [1.54, 1.807) is 25.4 Å². The number of anilines is 2. The van der Waals surface area contributed by atoms with Crippen molar-refractivity contribution in [3.8, 4) is 17.2 Å². The summed E-state index contributed by atoms with van der Waals surface area (Å²) in [4.78, 5) is 44.0. The van der Waals surface area contributed by atoms with E-state index in [9.17, 15) is 23.3 Å². The van der Waals surface area contributed by atoms with Crippen LogP contribution in [-0.4, -0.2) is 122 Å². The van der Waals surface area contributed by atoms with E-state index < -0.39 is 48.9 Å². The number of oxazole rings is 1. The van der Waals surface area contributed by atoms with Gasteiger partial charge in [0.15, 0.2) is 17.7 Å². The average Bonchev–Trinajstić information content (AvgIpc) is 4.13. The first-order valence-electron chi connectivity index (χ1n) is 25.7. The number of rotatable bonds is 16. The van der Waals surface area contributed by atoms with Crippen LogP contribution in [0.1, 0.15) is 78.5 Å². The van der Waals surface area contributed by atoms with E-state index in [-0.39, 0.29) is 58.6 Å². The fourth-order valence-corrected chi connectivity index (χ4v) is 12.7. The summed E-state index contributed by atoms with van der Waals surface area (Å²) in [5.74, 6) is -0.702. The maximum atomic E-state index is 16.7. The van der Waals surface area contributed by atoms with Gasteiger partial charge in [0.2, 0.25) is 0 Å². The van der Waals surface area contributed by atoms with E-state index in [2.05, 4.69) is 80.3 Å². The van der Waals surface area contributed by atoms with Gasteiger partial charge in [-0.05, 0) is 84.0 Å². The summed E-state index contributed by atoms with van der Waals surface area (Å²) in [6.07, 6.45) is 7.38. The van der Waals surface area contributed by atoms with E-state index in [0.717, 1.165) is 76.1 Å². The fourth-order valence-electron chi connectivity index (χ4n) is 11.6. The molecule has 3 saturated heterocycles. The van der Waals surface area contributed by atoms with E-state index in [0.29, 0.717) is 49.3 Å². The van der Waals surface area contributed by atoms with Crippen molar-refractivity contribution in [1.29, 1.82) is 0 Å². The molecule has 1 amide bonds. The number of pyridine rings is 1. The van der Waals surface area contributed by atoms with Crippen molar-refractivity contribution >= 4 is 55.1 Å². The number of hydrogen-bond donors (Lipinski definition) is 3. The van der Waals surface area contributed by atoms with Crippen molar-refractivity contribution in [2.75, 3.05) is 76.4 Å². The minimum absolute atomic E-state index is 0.0788. The number of carbonyl (C=O) groups excluding carboxylic acids is 1. The molecule has 0 bridgehead atoms. The molecule has 1 saturated carbocycles. The third kappa shape index (κ3) is 10.3. The molecule has 398 valence electrons. The lowest BCUT2D eigenvalue weighted by Gasteiger charge is -2.58. The van der Waals surface area contributed by atoms with Crippen LogP contribution in [-0.2, 0) is 26.0 Å². The first kappa shape index (κ1) is 51.0. The quantitative estimate of drug-likeness (QED) is 0.0607. The summed E-state index contributed by atoms with van der Waals surface area (Å²) in [5.41, 5.74) is 3.14. The van der Waals surface area contributed by atoms with Crippen LogP contribution >= 0.6 is 0 Å². The van der Waals surface area contributed by atoms with Gasteiger partial charge in [-0.15, -0.1) is 0 Å². The van der Waals surface area contributed by atoms with Gasteiger partial charge in [0.1, 0.15) is 39.1 Å². The van der Waals surface area contributed by atoms with Gasteiger partial charge >= 0.3 is 0 Å². The number of nitro benzene ring substituents is 1. The van der Waals surface area contributed by atoms with E-state index in [4.69, 9.17) is 23.4 Å². The van der Waals surface area contributed by atoms with Crippen LogP contribution in [0.5, 0.6) is 17.2 Å². The van der Waals surface area contributed by atoms with Gasteiger partial charge in [0.05, 0.1) is 55.4 Å². The number of hydrogen-bond acceptors (Lipinski definition) is 16. The Labute approximate surface area is 438 Å². The van der Waals surface area contributed by atoms with Gasteiger partial charge in [0, 0.05) is 81.6 Å². The Morgan fingerprint density at radius 2 is 1.80 bits per heavy atom. The number of benzene rings is 4.